The molecule has 0 unspecified atom stereocenters. The summed E-state index contributed by atoms with van der Waals surface area (Å²) in [7, 11) is 0. The fraction of sp³-hybridized carbons (Fsp3) is 0.462. The molecule has 0 radical (unpaired) electrons. The van der Waals surface area contributed by atoms with Crippen LogP contribution in [0.3, 0.4) is 0 Å². The van der Waals surface area contributed by atoms with E-state index in [1.807, 2.05) is 32.0 Å². The van der Waals surface area contributed by atoms with Gasteiger partial charge in [-0.05, 0) is 60.9 Å². The highest BCUT2D eigenvalue weighted by atomic mass is 16.7. The quantitative estimate of drug-likeness (QED) is 0.245. The van der Waals surface area contributed by atoms with Gasteiger partial charge in [-0.2, -0.15) is 0 Å². The third kappa shape index (κ3) is 6.84. The van der Waals surface area contributed by atoms with Crippen molar-refractivity contribution in [2.75, 3.05) is 6.61 Å². The predicted octanol–water partition coefficient (Wildman–Crippen LogP) is 7.03. The number of unbranched alkanes of at least 4 members (excludes halogenated alkanes) is 1. The molecular weight excluding hydrogens is 392 g/mol. The maximum Gasteiger partial charge on any atom is 0.513 e. The number of carbonyl (C=O) groups is 2. The van der Waals surface area contributed by atoms with Gasteiger partial charge in [0.25, 0.3) is 0 Å². The number of hydrogen-bond donors (Lipinski definition) is 0. The van der Waals surface area contributed by atoms with Crippen molar-refractivity contribution in [3.05, 3.63) is 58.7 Å². The van der Waals surface area contributed by atoms with Gasteiger partial charge in [0.2, 0.25) is 0 Å². The van der Waals surface area contributed by atoms with Crippen LogP contribution in [0.15, 0.2) is 36.4 Å². The molecule has 2 rings (SSSR count). The topological polar surface area (TPSA) is 61.8 Å². The van der Waals surface area contributed by atoms with Crippen LogP contribution >= 0.6 is 0 Å². The minimum Gasteiger partial charge on any atom is -0.434 e. The van der Waals surface area contributed by atoms with E-state index in [9.17, 15) is 9.59 Å². The van der Waals surface area contributed by atoms with Crippen LogP contribution in [0.25, 0.3) is 0 Å². The van der Waals surface area contributed by atoms with Crippen LogP contribution in [-0.4, -0.2) is 18.7 Å². The molecule has 168 valence electrons. The van der Waals surface area contributed by atoms with E-state index >= 15 is 0 Å². The van der Waals surface area contributed by atoms with E-state index in [1.54, 1.807) is 25.1 Å². The molecule has 0 saturated carbocycles. The Morgan fingerprint density at radius 2 is 1.58 bits per heavy atom. The molecule has 0 aliphatic carbocycles. The van der Waals surface area contributed by atoms with Crippen LogP contribution in [0.1, 0.15) is 93.3 Å². The molecule has 0 fully saturated rings. The standard InChI is InChI=1S/C26H34O5/c1-7-9-10-19-11-13-20(14-12-19)25(27)31-24-22(18(5)6)15-21(17(3)4)16-23(24)30-26(28)29-8-2/h11-18H,7-10H2,1-6H3. The summed E-state index contributed by atoms with van der Waals surface area (Å²) in [6.07, 6.45) is 2.39. The molecule has 0 N–H and O–H groups in total. The zero-order valence-electron chi connectivity index (χ0n) is 19.5. The second-order valence-corrected chi connectivity index (χ2v) is 8.22. The lowest BCUT2D eigenvalue weighted by Crippen LogP contribution is -2.15. The van der Waals surface area contributed by atoms with Crippen molar-refractivity contribution in [2.24, 2.45) is 0 Å². The zero-order valence-corrected chi connectivity index (χ0v) is 19.5. The van der Waals surface area contributed by atoms with Crippen LogP contribution in [-0.2, 0) is 11.2 Å². The van der Waals surface area contributed by atoms with E-state index < -0.39 is 12.1 Å². The van der Waals surface area contributed by atoms with Crippen LogP contribution in [0.5, 0.6) is 11.5 Å². The number of aryl methyl sites for hydroxylation is 1. The van der Waals surface area contributed by atoms with Crippen LogP contribution in [0.4, 0.5) is 4.79 Å². The molecule has 0 aliphatic rings. The molecule has 2 aromatic rings. The Bertz CT molecular complexity index is 881. The fourth-order valence-electron chi connectivity index (χ4n) is 3.17. The molecular formula is C26H34O5. The second kappa shape index (κ2) is 11.5. The van der Waals surface area contributed by atoms with Gasteiger partial charge in [-0.3, -0.25) is 0 Å². The molecule has 2 aromatic carbocycles. The van der Waals surface area contributed by atoms with E-state index in [2.05, 4.69) is 20.8 Å². The Hall–Kier alpha value is -2.82. The minimum absolute atomic E-state index is 0.0578. The lowest BCUT2D eigenvalue weighted by atomic mass is 9.94. The molecule has 5 nitrogen and oxygen atoms in total. The summed E-state index contributed by atoms with van der Waals surface area (Å²) in [6, 6.07) is 11.2. The molecule has 0 bridgehead atoms. The molecule has 0 atom stereocenters. The van der Waals surface area contributed by atoms with Gasteiger partial charge in [0.15, 0.2) is 11.5 Å². The highest BCUT2D eigenvalue weighted by Gasteiger charge is 2.23. The zero-order chi connectivity index (χ0) is 23.0. The van der Waals surface area contributed by atoms with Crippen LogP contribution < -0.4 is 9.47 Å². The monoisotopic (exact) mass is 426 g/mol. The highest BCUT2D eigenvalue weighted by molar-refractivity contribution is 5.91. The van der Waals surface area contributed by atoms with Gasteiger partial charge in [-0.1, -0.05) is 59.2 Å². The number of benzene rings is 2. The number of carbonyl (C=O) groups excluding carboxylic acids is 2. The van der Waals surface area contributed by atoms with Crippen molar-refractivity contribution in [1.29, 1.82) is 0 Å². The van der Waals surface area contributed by atoms with Gasteiger partial charge in [-0.25, -0.2) is 9.59 Å². The number of ether oxygens (including phenoxy) is 3. The van der Waals surface area contributed by atoms with Gasteiger partial charge in [-0.15, -0.1) is 0 Å². The molecule has 0 amide bonds. The molecule has 0 aromatic heterocycles. The van der Waals surface area contributed by atoms with Crippen molar-refractivity contribution in [1.82, 2.24) is 0 Å². The molecule has 0 spiro atoms. The molecule has 0 heterocycles. The summed E-state index contributed by atoms with van der Waals surface area (Å²) >= 11 is 0. The molecule has 0 saturated heterocycles. The Balaban J connectivity index is 2.39. The summed E-state index contributed by atoms with van der Waals surface area (Å²) in [4.78, 5) is 24.9. The minimum atomic E-state index is -0.823. The number of esters is 1. The third-order valence-corrected chi connectivity index (χ3v) is 5.05. The number of hydrogen-bond acceptors (Lipinski definition) is 5. The average molecular weight is 427 g/mol. The van der Waals surface area contributed by atoms with E-state index in [-0.39, 0.29) is 29.9 Å². The normalized spacial score (nSPS) is 11.0. The Kier molecular flexibility index (Phi) is 9.10. The van der Waals surface area contributed by atoms with Crippen molar-refractivity contribution < 1.29 is 23.8 Å². The van der Waals surface area contributed by atoms with Crippen molar-refractivity contribution >= 4 is 12.1 Å². The maximum atomic E-state index is 12.9. The Labute approximate surface area is 185 Å². The lowest BCUT2D eigenvalue weighted by Gasteiger charge is -2.19. The molecule has 5 heteroatoms. The van der Waals surface area contributed by atoms with E-state index in [1.165, 1.54) is 5.56 Å². The van der Waals surface area contributed by atoms with Gasteiger partial charge < -0.3 is 14.2 Å². The summed E-state index contributed by atoms with van der Waals surface area (Å²) in [5, 5.41) is 0. The predicted molar refractivity (Wildman–Crippen MR) is 122 cm³/mol. The highest BCUT2D eigenvalue weighted by Crippen LogP contribution is 2.39. The first kappa shape index (κ1) is 24.4. The van der Waals surface area contributed by atoms with Gasteiger partial charge in [0.05, 0.1) is 12.2 Å². The Morgan fingerprint density at radius 1 is 0.903 bits per heavy atom. The second-order valence-electron chi connectivity index (χ2n) is 8.22. The molecule has 31 heavy (non-hydrogen) atoms. The SMILES string of the molecule is CCCCc1ccc(C(=O)Oc2c(OC(=O)OCC)cc(C(C)C)cc2C(C)C)cc1. The van der Waals surface area contributed by atoms with Gasteiger partial charge >= 0.3 is 12.1 Å². The van der Waals surface area contributed by atoms with Crippen molar-refractivity contribution in [3.8, 4) is 11.5 Å². The van der Waals surface area contributed by atoms with E-state index in [0.717, 1.165) is 30.4 Å². The summed E-state index contributed by atoms with van der Waals surface area (Å²) in [6.45, 7) is 12.2. The average Bonchev–Trinajstić information content (AvgIpc) is 2.73. The van der Waals surface area contributed by atoms with Crippen molar-refractivity contribution in [3.63, 3.8) is 0 Å². The summed E-state index contributed by atoms with van der Waals surface area (Å²) in [5.74, 6) is 0.230. The number of rotatable bonds is 9. The van der Waals surface area contributed by atoms with Crippen molar-refractivity contribution in [2.45, 2.75) is 72.6 Å². The third-order valence-electron chi connectivity index (χ3n) is 5.05. The van der Waals surface area contributed by atoms with E-state index in [0.29, 0.717) is 5.56 Å². The molecule has 0 aliphatic heterocycles. The van der Waals surface area contributed by atoms with Crippen LogP contribution in [0, 0.1) is 0 Å². The summed E-state index contributed by atoms with van der Waals surface area (Å²) in [5.41, 5.74) is 3.43. The first-order valence-electron chi connectivity index (χ1n) is 11.1. The fourth-order valence-corrected chi connectivity index (χ4v) is 3.17. The summed E-state index contributed by atoms with van der Waals surface area (Å²) < 4.78 is 16.2. The first-order chi connectivity index (χ1) is 14.8. The largest absolute Gasteiger partial charge is 0.513 e. The van der Waals surface area contributed by atoms with Gasteiger partial charge in [0, 0.05) is 5.56 Å². The Morgan fingerprint density at radius 3 is 2.13 bits per heavy atom. The maximum absolute atomic E-state index is 12.9. The van der Waals surface area contributed by atoms with E-state index in [4.69, 9.17) is 14.2 Å². The smallest absolute Gasteiger partial charge is 0.434 e. The lowest BCUT2D eigenvalue weighted by molar-refractivity contribution is 0.0715. The van der Waals surface area contributed by atoms with Gasteiger partial charge in [0.1, 0.15) is 0 Å². The first-order valence-corrected chi connectivity index (χ1v) is 11.1. The van der Waals surface area contributed by atoms with Crippen LogP contribution in [0.2, 0.25) is 0 Å².